The third kappa shape index (κ3) is 2.84. The molecule has 0 saturated heterocycles. The van der Waals surface area contributed by atoms with Gasteiger partial charge in [0.15, 0.2) is 10.8 Å². The van der Waals surface area contributed by atoms with Crippen molar-refractivity contribution in [2.75, 3.05) is 5.32 Å². The van der Waals surface area contributed by atoms with E-state index in [4.69, 9.17) is 11.6 Å². The molecule has 0 radical (unpaired) electrons. The fraction of sp³-hybridized carbons (Fsp3) is 0.273. The zero-order chi connectivity index (χ0) is 13.1. The number of amides is 1. The molecule has 2 rings (SSSR count). The molecule has 1 amide bonds. The number of rotatable bonds is 3. The van der Waals surface area contributed by atoms with Crippen LogP contribution in [0.3, 0.4) is 0 Å². The summed E-state index contributed by atoms with van der Waals surface area (Å²) < 4.78 is 1.75. The molecule has 2 aromatic heterocycles. The molecule has 0 saturated carbocycles. The van der Waals surface area contributed by atoms with Gasteiger partial charge in [-0.2, -0.15) is 5.10 Å². The van der Waals surface area contributed by atoms with Gasteiger partial charge in [0.1, 0.15) is 0 Å². The molecule has 7 heteroatoms. The predicted octanol–water partition coefficient (Wildman–Crippen LogP) is 2.16. The van der Waals surface area contributed by atoms with Crippen molar-refractivity contribution in [3.63, 3.8) is 0 Å². The third-order valence-electron chi connectivity index (χ3n) is 2.25. The molecule has 0 aliphatic rings. The van der Waals surface area contributed by atoms with E-state index < -0.39 is 0 Å². The fourth-order valence-corrected chi connectivity index (χ4v) is 1.42. The molecule has 1 N–H and O–H groups in total. The Balaban J connectivity index is 2.08. The van der Waals surface area contributed by atoms with E-state index in [1.54, 1.807) is 17.1 Å². The van der Waals surface area contributed by atoms with Gasteiger partial charge in [-0.1, -0.05) is 11.6 Å². The van der Waals surface area contributed by atoms with Crippen LogP contribution in [0.4, 0.5) is 5.69 Å². The van der Waals surface area contributed by atoms with Crippen LogP contribution in [0.1, 0.15) is 30.4 Å². The molecule has 0 aromatic carbocycles. The van der Waals surface area contributed by atoms with Crippen molar-refractivity contribution in [3.8, 4) is 0 Å². The van der Waals surface area contributed by atoms with E-state index in [0.29, 0.717) is 5.69 Å². The van der Waals surface area contributed by atoms with Crippen LogP contribution in [0.5, 0.6) is 0 Å². The van der Waals surface area contributed by atoms with Crippen molar-refractivity contribution >= 4 is 23.2 Å². The highest BCUT2D eigenvalue weighted by molar-refractivity contribution is 6.29. The van der Waals surface area contributed by atoms with Crippen LogP contribution in [0, 0.1) is 0 Å². The minimum absolute atomic E-state index is 0.205. The standard InChI is InChI=1S/C11H12ClN5O/c1-7(2)17-6-8(5-13-17)14-11(18)9-3-4-10(12)16-15-9/h3-7H,1-2H3,(H,14,18). The maximum Gasteiger partial charge on any atom is 0.276 e. The van der Waals surface area contributed by atoms with Gasteiger partial charge in [-0.15, -0.1) is 10.2 Å². The number of carbonyl (C=O) groups is 1. The summed E-state index contributed by atoms with van der Waals surface area (Å²) in [7, 11) is 0. The zero-order valence-corrected chi connectivity index (χ0v) is 10.7. The number of anilines is 1. The molecule has 2 heterocycles. The molecule has 0 spiro atoms. The third-order valence-corrected chi connectivity index (χ3v) is 2.45. The molecule has 0 aliphatic carbocycles. The molecule has 18 heavy (non-hydrogen) atoms. The highest BCUT2D eigenvalue weighted by Crippen LogP contribution is 2.11. The first-order valence-corrected chi connectivity index (χ1v) is 5.79. The lowest BCUT2D eigenvalue weighted by atomic mass is 10.3. The molecule has 0 bridgehead atoms. The topological polar surface area (TPSA) is 72.7 Å². The number of hydrogen-bond donors (Lipinski definition) is 1. The predicted molar refractivity (Wildman–Crippen MR) is 67.6 cm³/mol. The van der Waals surface area contributed by atoms with Gasteiger partial charge in [-0.05, 0) is 26.0 Å². The normalized spacial score (nSPS) is 10.7. The van der Waals surface area contributed by atoms with Crippen molar-refractivity contribution in [2.24, 2.45) is 0 Å². The van der Waals surface area contributed by atoms with Gasteiger partial charge in [-0.25, -0.2) is 0 Å². The average molecular weight is 266 g/mol. The van der Waals surface area contributed by atoms with E-state index in [1.807, 2.05) is 13.8 Å². The van der Waals surface area contributed by atoms with Crippen molar-refractivity contribution in [1.82, 2.24) is 20.0 Å². The molecule has 0 fully saturated rings. The van der Waals surface area contributed by atoms with E-state index in [2.05, 4.69) is 20.6 Å². The molecule has 94 valence electrons. The molecule has 0 unspecified atom stereocenters. The highest BCUT2D eigenvalue weighted by Gasteiger charge is 2.10. The lowest BCUT2D eigenvalue weighted by molar-refractivity contribution is 0.102. The zero-order valence-electron chi connectivity index (χ0n) is 9.96. The largest absolute Gasteiger partial charge is 0.318 e. The van der Waals surface area contributed by atoms with Crippen LogP contribution < -0.4 is 5.32 Å². The molecule has 0 atom stereocenters. The Morgan fingerprint density at radius 1 is 1.39 bits per heavy atom. The van der Waals surface area contributed by atoms with Gasteiger partial charge in [0.05, 0.1) is 11.9 Å². The minimum atomic E-state index is -0.345. The summed E-state index contributed by atoms with van der Waals surface area (Å²) in [5, 5.41) is 14.4. The summed E-state index contributed by atoms with van der Waals surface area (Å²) in [6, 6.07) is 3.27. The van der Waals surface area contributed by atoms with Crippen LogP contribution in [0.25, 0.3) is 0 Å². The minimum Gasteiger partial charge on any atom is -0.318 e. The second-order valence-corrected chi connectivity index (χ2v) is 4.39. The Morgan fingerprint density at radius 2 is 2.17 bits per heavy atom. The number of aromatic nitrogens is 4. The van der Waals surface area contributed by atoms with Crippen LogP contribution in [-0.2, 0) is 0 Å². The van der Waals surface area contributed by atoms with Crippen LogP contribution in [0.15, 0.2) is 24.5 Å². The Bertz CT molecular complexity index is 549. The van der Waals surface area contributed by atoms with E-state index in [1.165, 1.54) is 12.1 Å². The summed E-state index contributed by atoms with van der Waals surface area (Å²) in [5.41, 5.74) is 0.821. The first-order valence-electron chi connectivity index (χ1n) is 5.41. The number of nitrogens with one attached hydrogen (secondary N) is 1. The Kier molecular flexibility index (Phi) is 3.57. The lowest BCUT2D eigenvalue weighted by Gasteiger charge is -2.03. The van der Waals surface area contributed by atoms with Crippen molar-refractivity contribution in [3.05, 3.63) is 35.4 Å². The van der Waals surface area contributed by atoms with E-state index in [-0.39, 0.29) is 22.8 Å². The molecular formula is C11H12ClN5O. The first-order chi connectivity index (χ1) is 8.56. The summed E-state index contributed by atoms with van der Waals surface area (Å²) in [4.78, 5) is 11.8. The quantitative estimate of drug-likeness (QED) is 0.923. The van der Waals surface area contributed by atoms with Crippen LogP contribution in [-0.4, -0.2) is 25.9 Å². The number of hydrogen-bond acceptors (Lipinski definition) is 4. The monoisotopic (exact) mass is 265 g/mol. The average Bonchev–Trinajstić information content (AvgIpc) is 2.78. The van der Waals surface area contributed by atoms with Gasteiger partial charge < -0.3 is 5.32 Å². The lowest BCUT2D eigenvalue weighted by Crippen LogP contribution is -2.13. The SMILES string of the molecule is CC(C)n1cc(NC(=O)c2ccc(Cl)nn2)cn1. The number of halogens is 1. The van der Waals surface area contributed by atoms with E-state index in [9.17, 15) is 4.79 Å². The first kappa shape index (κ1) is 12.5. The highest BCUT2D eigenvalue weighted by atomic mass is 35.5. The molecular weight excluding hydrogens is 254 g/mol. The van der Waals surface area contributed by atoms with Crippen molar-refractivity contribution < 1.29 is 4.79 Å². The second-order valence-electron chi connectivity index (χ2n) is 4.00. The van der Waals surface area contributed by atoms with Crippen molar-refractivity contribution in [1.29, 1.82) is 0 Å². The number of carbonyl (C=O) groups excluding carboxylic acids is 1. The smallest absolute Gasteiger partial charge is 0.276 e. The van der Waals surface area contributed by atoms with Gasteiger partial charge in [0.25, 0.3) is 5.91 Å². The van der Waals surface area contributed by atoms with Gasteiger partial charge >= 0.3 is 0 Å². The Hall–Kier alpha value is -1.95. The molecule has 2 aromatic rings. The van der Waals surface area contributed by atoms with Crippen LogP contribution in [0.2, 0.25) is 5.15 Å². The van der Waals surface area contributed by atoms with Gasteiger partial charge in [0, 0.05) is 12.2 Å². The molecule has 6 nitrogen and oxygen atoms in total. The van der Waals surface area contributed by atoms with Gasteiger partial charge in [0.2, 0.25) is 0 Å². The van der Waals surface area contributed by atoms with Crippen LogP contribution >= 0.6 is 11.6 Å². The Morgan fingerprint density at radius 3 is 2.72 bits per heavy atom. The summed E-state index contributed by atoms with van der Waals surface area (Å²) in [6.45, 7) is 4.01. The fourth-order valence-electron chi connectivity index (χ4n) is 1.32. The second kappa shape index (κ2) is 5.14. The molecule has 0 aliphatic heterocycles. The maximum absolute atomic E-state index is 11.8. The van der Waals surface area contributed by atoms with E-state index >= 15 is 0 Å². The summed E-state index contributed by atoms with van der Waals surface area (Å²) >= 11 is 5.60. The maximum atomic E-state index is 11.8. The van der Waals surface area contributed by atoms with E-state index in [0.717, 1.165) is 0 Å². The van der Waals surface area contributed by atoms with Crippen molar-refractivity contribution in [2.45, 2.75) is 19.9 Å². The Labute approximate surface area is 109 Å². The van der Waals surface area contributed by atoms with Gasteiger partial charge in [-0.3, -0.25) is 9.48 Å². The number of nitrogens with zero attached hydrogens (tertiary/aromatic N) is 4. The summed E-state index contributed by atoms with van der Waals surface area (Å²) in [6.07, 6.45) is 3.34. The summed E-state index contributed by atoms with van der Waals surface area (Å²) in [5.74, 6) is -0.345.